The molecule has 19 heavy (non-hydrogen) atoms. The van der Waals surface area contributed by atoms with Crippen LogP contribution >= 0.6 is 15.9 Å². The number of ether oxygens (including phenoxy) is 1. The summed E-state index contributed by atoms with van der Waals surface area (Å²) in [6, 6.07) is 11.3. The Hall–Kier alpha value is -1.35. The van der Waals surface area contributed by atoms with Crippen LogP contribution in [0.2, 0.25) is 0 Å². The summed E-state index contributed by atoms with van der Waals surface area (Å²) in [6.45, 7) is 2.66. The third kappa shape index (κ3) is 2.52. The smallest absolute Gasteiger partial charge is 0.123 e. The highest BCUT2D eigenvalue weighted by Gasteiger charge is 2.17. The van der Waals surface area contributed by atoms with Crippen LogP contribution in [0.15, 0.2) is 36.4 Å². The van der Waals surface area contributed by atoms with Gasteiger partial charge in [0.05, 0.1) is 11.4 Å². The zero-order chi connectivity index (χ0) is 13.4. The molecule has 0 saturated heterocycles. The van der Waals surface area contributed by atoms with Crippen molar-refractivity contribution in [1.29, 1.82) is 0 Å². The first kappa shape index (κ1) is 12.7. The van der Waals surface area contributed by atoms with Crippen molar-refractivity contribution in [2.75, 3.05) is 6.61 Å². The highest BCUT2D eigenvalue weighted by Crippen LogP contribution is 2.35. The largest absolute Gasteiger partial charge is 0.493 e. The maximum Gasteiger partial charge on any atom is 0.123 e. The van der Waals surface area contributed by atoms with Crippen LogP contribution in [-0.2, 0) is 6.42 Å². The summed E-state index contributed by atoms with van der Waals surface area (Å²) >= 11 is 3.66. The summed E-state index contributed by atoms with van der Waals surface area (Å²) in [5.41, 5.74) is 4.24. The van der Waals surface area contributed by atoms with E-state index < -0.39 is 0 Å². The Kier molecular flexibility index (Phi) is 3.31. The molecule has 1 nitrogen and oxygen atoms in total. The number of fused-ring (bicyclic) bond motifs is 1. The first-order valence-electron chi connectivity index (χ1n) is 6.30. The van der Waals surface area contributed by atoms with Crippen LogP contribution in [0.4, 0.5) is 4.39 Å². The summed E-state index contributed by atoms with van der Waals surface area (Å²) in [5, 5.41) is 0. The van der Waals surface area contributed by atoms with E-state index in [2.05, 4.69) is 22.0 Å². The number of rotatable bonds is 2. The van der Waals surface area contributed by atoms with Gasteiger partial charge in [-0.1, -0.05) is 34.1 Å². The van der Waals surface area contributed by atoms with E-state index in [1.807, 2.05) is 25.1 Å². The van der Waals surface area contributed by atoms with Crippen LogP contribution in [0.3, 0.4) is 0 Å². The van der Waals surface area contributed by atoms with E-state index >= 15 is 0 Å². The minimum Gasteiger partial charge on any atom is -0.493 e. The predicted molar refractivity (Wildman–Crippen MR) is 77.5 cm³/mol. The van der Waals surface area contributed by atoms with E-state index in [0.717, 1.165) is 35.5 Å². The second-order valence-corrected chi connectivity index (χ2v) is 5.81. The Morgan fingerprint density at radius 1 is 1.16 bits per heavy atom. The molecule has 0 aromatic heterocycles. The van der Waals surface area contributed by atoms with Crippen LogP contribution in [0.25, 0.3) is 0 Å². The lowest BCUT2D eigenvalue weighted by atomic mass is 10.0. The van der Waals surface area contributed by atoms with Gasteiger partial charge in [-0.2, -0.15) is 0 Å². The van der Waals surface area contributed by atoms with Gasteiger partial charge in [0, 0.05) is 6.42 Å². The van der Waals surface area contributed by atoms with E-state index in [1.165, 1.54) is 5.56 Å². The van der Waals surface area contributed by atoms with Crippen LogP contribution < -0.4 is 4.74 Å². The number of aryl methyl sites for hydroxylation is 1. The number of halogens is 2. The molecule has 3 heteroatoms. The van der Waals surface area contributed by atoms with Crippen LogP contribution in [0.1, 0.15) is 27.1 Å². The quantitative estimate of drug-likeness (QED) is 0.737. The van der Waals surface area contributed by atoms with Gasteiger partial charge in [0.1, 0.15) is 11.6 Å². The van der Waals surface area contributed by atoms with Crippen molar-refractivity contribution in [3.63, 3.8) is 0 Å². The molecule has 1 unspecified atom stereocenters. The van der Waals surface area contributed by atoms with E-state index in [4.69, 9.17) is 4.74 Å². The molecular weight excluding hydrogens is 307 g/mol. The van der Waals surface area contributed by atoms with E-state index in [-0.39, 0.29) is 10.6 Å². The molecule has 0 aliphatic carbocycles. The molecule has 1 aliphatic rings. The standard InChI is InChI=1S/C16H14BrFO/c1-10-6-13(9-14(18)7-10)16(17)12-2-3-15-11(8-12)4-5-19-15/h2-3,6-9,16H,4-5H2,1H3. The predicted octanol–water partition coefficient (Wildman–Crippen LogP) is 4.55. The van der Waals surface area contributed by atoms with Crippen LogP contribution in [0, 0.1) is 12.7 Å². The highest BCUT2D eigenvalue weighted by atomic mass is 79.9. The Bertz CT molecular complexity index is 604. The average Bonchev–Trinajstić information content (AvgIpc) is 2.83. The molecule has 2 aromatic rings. The minimum atomic E-state index is -0.191. The van der Waals surface area contributed by atoms with Gasteiger partial charge in [0.15, 0.2) is 0 Å². The van der Waals surface area contributed by atoms with Crippen molar-refractivity contribution < 1.29 is 9.13 Å². The maximum absolute atomic E-state index is 13.5. The average molecular weight is 321 g/mol. The van der Waals surface area contributed by atoms with Gasteiger partial charge in [-0.05, 0) is 47.4 Å². The first-order valence-corrected chi connectivity index (χ1v) is 7.22. The van der Waals surface area contributed by atoms with Crippen LogP contribution in [-0.4, -0.2) is 6.61 Å². The Morgan fingerprint density at radius 2 is 2.00 bits per heavy atom. The molecule has 0 N–H and O–H groups in total. The molecule has 0 fully saturated rings. The summed E-state index contributed by atoms with van der Waals surface area (Å²) < 4.78 is 19.0. The third-order valence-corrected chi connectivity index (χ3v) is 4.42. The van der Waals surface area contributed by atoms with E-state index in [9.17, 15) is 4.39 Å². The fraction of sp³-hybridized carbons (Fsp3) is 0.250. The molecule has 0 bridgehead atoms. The monoisotopic (exact) mass is 320 g/mol. The van der Waals surface area contributed by atoms with Gasteiger partial charge in [0.2, 0.25) is 0 Å². The molecule has 0 saturated carbocycles. The molecule has 3 rings (SSSR count). The first-order chi connectivity index (χ1) is 9.13. The molecular formula is C16H14BrFO. The molecule has 1 aliphatic heterocycles. The molecule has 1 heterocycles. The number of hydrogen-bond donors (Lipinski definition) is 0. The van der Waals surface area contributed by atoms with Crippen molar-refractivity contribution >= 4 is 15.9 Å². The normalized spacial score (nSPS) is 14.9. The second kappa shape index (κ2) is 4.97. The van der Waals surface area contributed by atoms with Crippen molar-refractivity contribution in [3.05, 3.63) is 64.5 Å². The highest BCUT2D eigenvalue weighted by molar-refractivity contribution is 9.09. The fourth-order valence-electron chi connectivity index (χ4n) is 2.47. The third-order valence-electron chi connectivity index (χ3n) is 3.36. The van der Waals surface area contributed by atoms with Gasteiger partial charge >= 0.3 is 0 Å². The Morgan fingerprint density at radius 3 is 2.79 bits per heavy atom. The zero-order valence-corrected chi connectivity index (χ0v) is 12.2. The summed E-state index contributed by atoms with van der Waals surface area (Å²) in [6.07, 6.45) is 0.949. The summed E-state index contributed by atoms with van der Waals surface area (Å²) in [4.78, 5) is 0.00722. The molecule has 0 radical (unpaired) electrons. The van der Waals surface area contributed by atoms with Crippen LogP contribution in [0.5, 0.6) is 5.75 Å². The van der Waals surface area contributed by atoms with Crippen molar-refractivity contribution in [2.24, 2.45) is 0 Å². The van der Waals surface area contributed by atoms with Gasteiger partial charge < -0.3 is 4.74 Å². The lowest BCUT2D eigenvalue weighted by Gasteiger charge is -2.13. The van der Waals surface area contributed by atoms with E-state index in [1.54, 1.807) is 12.1 Å². The molecule has 1 atom stereocenters. The number of benzene rings is 2. The lowest BCUT2D eigenvalue weighted by molar-refractivity contribution is 0.357. The van der Waals surface area contributed by atoms with Gasteiger partial charge in [-0.25, -0.2) is 4.39 Å². The van der Waals surface area contributed by atoms with Crippen molar-refractivity contribution in [1.82, 2.24) is 0 Å². The summed E-state index contributed by atoms with van der Waals surface area (Å²) in [7, 11) is 0. The SMILES string of the molecule is Cc1cc(F)cc(C(Br)c2ccc3c(c2)CCO3)c1. The zero-order valence-electron chi connectivity index (χ0n) is 10.6. The number of alkyl halides is 1. The Labute approximate surface area is 120 Å². The van der Waals surface area contributed by atoms with Crippen molar-refractivity contribution in [3.8, 4) is 5.75 Å². The lowest BCUT2D eigenvalue weighted by Crippen LogP contribution is -1.95. The second-order valence-electron chi connectivity index (χ2n) is 4.89. The molecule has 0 amide bonds. The minimum absolute atomic E-state index is 0.00722. The van der Waals surface area contributed by atoms with Crippen molar-refractivity contribution in [2.45, 2.75) is 18.2 Å². The molecule has 0 spiro atoms. The molecule has 98 valence electrons. The fourth-order valence-corrected chi connectivity index (χ4v) is 3.02. The number of hydrogen-bond acceptors (Lipinski definition) is 1. The molecule has 2 aromatic carbocycles. The van der Waals surface area contributed by atoms with Gasteiger partial charge in [-0.15, -0.1) is 0 Å². The Balaban J connectivity index is 1.97. The topological polar surface area (TPSA) is 9.23 Å². The van der Waals surface area contributed by atoms with E-state index in [0.29, 0.717) is 0 Å². The van der Waals surface area contributed by atoms with Gasteiger partial charge in [0.25, 0.3) is 0 Å². The summed E-state index contributed by atoms with van der Waals surface area (Å²) in [5.74, 6) is 0.780. The maximum atomic E-state index is 13.5. The van der Waals surface area contributed by atoms with Gasteiger partial charge in [-0.3, -0.25) is 0 Å².